The van der Waals surface area contributed by atoms with Gasteiger partial charge in [0.1, 0.15) is 6.10 Å². The van der Waals surface area contributed by atoms with Crippen LogP contribution in [0.1, 0.15) is 6.42 Å². The van der Waals surface area contributed by atoms with E-state index >= 15 is 0 Å². The number of pyridine rings is 1. The van der Waals surface area contributed by atoms with Gasteiger partial charge < -0.3 is 9.64 Å². The van der Waals surface area contributed by atoms with Crippen LogP contribution in [0.25, 0.3) is 0 Å². The van der Waals surface area contributed by atoms with Crippen molar-refractivity contribution in [3.05, 3.63) is 24.4 Å². The molecule has 0 N–H and O–H groups in total. The van der Waals surface area contributed by atoms with Gasteiger partial charge >= 0.3 is 0 Å². The van der Waals surface area contributed by atoms with Crippen LogP contribution in [0.4, 0.5) is 0 Å². The van der Waals surface area contributed by atoms with Crippen LogP contribution in [-0.4, -0.2) is 60.9 Å². The van der Waals surface area contributed by atoms with Crippen LogP contribution in [0, 0.1) is 0 Å². The van der Waals surface area contributed by atoms with Crippen molar-refractivity contribution in [3.8, 4) is 5.88 Å². The zero-order valence-corrected chi connectivity index (χ0v) is 12.9. The molecule has 1 atom stereocenters. The zero-order chi connectivity index (χ0) is 15.4. The average molecular weight is 320 g/mol. The summed E-state index contributed by atoms with van der Waals surface area (Å²) < 4.78 is 7.33. The van der Waals surface area contributed by atoms with Crippen LogP contribution in [0.5, 0.6) is 5.88 Å². The number of carbonyl (C=O) groups is 1. The maximum Gasteiger partial charge on any atom is 0.233 e. The number of ether oxygens (including phenoxy) is 1. The second-order valence-electron chi connectivity index (χ2n) is 4.91. The van der Waals surface area contributed by atoms with Crippen LogP contribution in [0.15, 0.2) is 29.6 Å². The minimum absolute atomic E-state index is 0.000319. The fraction of sp³-hybridized carbons (Fsp3) is 0.462. The molecule has 8 nitrogen and oxygen atoms in total. The Labute approximate surface area is 131 Å². The fourth-order valence-corrected chi connectivity index (χ4v) is 2.95. The second kappa shape index (κ2) is 6.73. The molecule has 1 aliphatic rings. The first kappa shape index (κ1) is 14.8. The van der Waals surface area contributed by atoms with E-state index in [0.717, 1.165) is 6.42 Å². The Morgan fingerprint density at radius 1 is 1.50 bits per heavy atom. The van der Waals surface area contributed by atoms with Gasteiger partial charge in [0, 0.05) is 32.3 Å². The van der Waals surface area contributed by atoms with Crippen LogP contribution < -0.4 is 4.74 Å². The molecule has 22 heavy (non-hydrogen) atoms. The fourth-order valence-electron chi connectivity index (χ4n) is 2.20. The standard InChI is InChI=1S/C13H16N6O2S/c1-18-13(15-16-17-18)22-9-12(20)19-7-5-10(8-19)21-11-4-2-3-6-14-11/h2-4,6,10H,5,7-9H2,1H3/t10-/m0/s1. The summed E-state index contributed by atoms with van der Waals surface area (Å²) in [5.74, 6) is 0.992. The lowest BCUT2D eigenvalue weighted by Gasteiger charge is -2.16. The number of nitrogens with zero attached hydrogens (tertiary/aromatic N) is 6. The lowest BCUT2D eigenvalue weighted by molar-refractivity contribution is -0.127. The molecule has 0 unspecified atom stereocenters. The Balaban J connectivity index is 1.47. The summed E-state index contributed by atoms with van der Waals surface area (Å²) >= 11 is 1.34. The summed E-state index contributed by atoms with van der Waals surface area (Å²) in [5.41, 5.74) is 0. The third-order valence-electron chi connectivity index (χ3n) is 3.33. The SMILES string of the molecule is Cn1nnnc1SCC(=O)N1CC[C@H](Oc2ccccn2)C1. The first-order chi connectivity index (χ1) is 10.7. The molecule has 3 heterocycles. The van der Waals surface area contributed by atoms with Crippen LogP contribution in [0.3, 0.4) is 0 Å². The topological polar surface area (TPSA) is 86.0 Å². The summed E-state index contributed by atoms with van der Waals surface area (Å²) in [4.78, 5) is 18.2. The monoisotopic (exact) mass is 320 g/mol. The minimum atomic E-state index is 0.000319. The van der Waals surface area contributed by atoms with Crippen LogP contribution >= 0.6 is 11.8 Å². The molecule has 9 heteroatoms. The first-order valence-electron chi connectivity index (χ1n) is 6.93. The molecule has 0 radical (unpaired) electrons. The number of rotatable bonds is 5. The molecule has 0 spiro atoms. The largest absolute Gasteiger partial charge is 0.472 e. The van der Waals surface area contributed by atoms with Crippen molar-refractivity contribution in [1.29, 1.82) is 0 Å². The molecule has 2 aromatic rings. The third kappa shape index (κ3) is 3.53. The van der Waals surface area contributed by atoms with Gasteiger partial charge in [0.2, 0.25) is 16.9 Å². The van der Waals surface area contributed by atoms with E-state index in [1.165, 1.54) is 11.8 Å². The second-order valence-corrected chi connectivity index (χ2v) is 5.85. The minimum Gasteiger partial charge on any atom is -0.472 e. The van der Waals surface area contributed by atoms with Crippen molar-refractivity contribution in [2.75, 3.05) is 18.8 Å². The van der Waals surface area contributed by atoms with Crippen molar-refractivity contribution in [1.82, 2.24) is 30.1 Å². The molecule has 1 aliphatic heterocycles. The highest BCUT2D eigenvalue weighted by molar-refractivity contribution is 7.99. The molecule has 1 saturated heterocycles. The van der Waals surface area contributed by atoms with Crippen molar-refractivity contribution >= 4 is 17.7 Å². The number of hydrogen-bond donors (Lipinski definition) is 0. The van der Waals surface area contributed by atoms with Gasteiger partial charge in [-0.1, -0.05) is 17.8 Å². The molecule has 0 aliphatic carbocycles. The molecular weight excluding hydrogens is 304 g/mol. The molecule has 1 fully saturated rings. The molecular formula is C13H16N6O2S. The number of carbonyl (C=O) groups excluding carboxylic acids is 1. The molecule has 0 aromatic carbocycles. The van der Waals surface area contributed by atoms with Crippen LogP contribution in [-0.2, 0) is 11.8 Å². The summed E-state index contributed by atoms with van der Waals surface area (Å²) in [5, 5.41) is 11.8. The lowest BCUT2D eigenvalue weighted by Crippen LogP contribution is -2.32. The highest BCUT2D eigenvalue weighted by Crippen LogP contribution is 2.19. The van der Waals surface area contributed by atoms with Crippen molar-refractivity contribution in [2.24, 2.45) is 7.05 Å². The van der Waals surface area contributed by atoms with Gasteiger partial charge in [-0.3, -0.25) is 4.79 Å². The van der Waals surface area contributed by atoms with Crippen LogP contribution in [0.2, 0.25) is 0 Å². The van der Waals surface area contributed by atoms with E-state index in [-0.39, 0.29) is 12.0 Å². The van der Waals surface area contributed by atoms with Crippen molar-refractivity contribution in [3.63, 3.8) is 0 Å². The third-order valence-corrected chi connectivity index (χ3v) is 4.32. The number of aryl methyl sites for hydroxylation is 1. The Bertz CT molecular complexity index is 634. The van der Waals surface area contributed by atoms with E-state index in [1.54, 1.807) is 17.9 Å². The summed E-state index contributed by atoms with van der Waals surface area (Å²) in [7, 11) is 1.75. The van der Waals surface area contributed by atoms with E-state index in [9.17, 15) is 4.79 Å². The number of thioether (sulfide) groups is 1. The molecule has 3 rings (SSSR count). The zero-order valence-electron chi connectivity index (χ0n) is 12.1. The normalized spacial score (nSPS) is 17.7. The van der Waals surface area contributed by atoms with Gasteiger partial charge in [0.25, 0.3) is 0 Å². The number of amides is 1. The molecule has 0 bridgehead atoms. The number of tetrazole rings is 1. The molecule has 1 amide bonds. The summed E-state index contributed by atoms with van der Waals surface area (Å²) in [6.45, 7) is 1.29. The Kier molecular flexibility index (Phi) is 4.52. The highest BCUT2D eigenvalue weighted by Gasteiger charge is 2.28. The van der Waals surface area contributed by atoms with E-state index in [2.05, 4.69) is 20.5 Å². The summed E-state index contributed by atoms with van der Waals surface area (Å²) in [6.07, 6.45) is 2.51. The molecule has 116 valence electrons. The maximum atomic E-state index is 12.2. The van der Waals surface area contributed by atoms with Gasteiger partial charge in [-0.25, -0.2) is 9.67 Å². The van der Waals surface area contributed by atoms with Gasteiger partial charge in [-0.05, 0) is 16.5 Å². The average Bonchev–Trinajstić information content (AvgIpc) is 3.15. The van der Waals surface area contributed by atoms with Crippen molar-refractivity contribution in [2.45, 2.75) is 17.7 Å². The number of aromatic nitrogens is 5. The maximum absolute atomic E-state index is 12.2. The van der Waals surface area contributed by atoms with Gasteiger partial charge in [0.15, 0.2) is 0 Å². The molecule has 0 saturated carbocycles. The Morgan fingerprint density at radius 3 is 3.14 bits per heavy atom. The highest BCUT2D eigenvalue weighted by atomic mass is 32.2. The predicted molar refractivity (Wildman–Crippen MR) is 79.4 cm³/mol. The van der Waals surface area contributed by atoms with E-state index in [4.69, 9.17) is 4.74 Å². The van der Waals surface area contributed by atoms with E-state index in [1.807, 2.05) is 23.1 Å². The smallest absolute Gasteiger partial charge is 0.233 e. The summed E-state index contributed by atoms with van der Waals surface area (Å²) in [6, 6.07) is 5.54. The van der Waals surface area contributed by atoms with E-state index < -0.39 is 0 Å². The quantitative estimate of drug-likeness (QED) is 0.736. The lowest BCUT2D eigenvalue weighted by atomic mass is 10.3. The predicted octanol–water partition coefficient (Wildman–Crippen LogP) is 0.377. The Hall–Kier alpha value is -2.16. The van der Waals surface area contributed by atoms with Crippen molar-refractivity contribution < 1.29 is 9.53 Å². The van der Waals surface area contributed by atoms with E-state index in [0.29, 0.717) is 29.9 Å². The first-order valence-corrected chi connectivity index (χ1v) is 7.91. The van der Waals surface area contributed by atoms with Gasteiger partial charge in [0.05, 0.1) is 12.3 Å². The number of likely N-dealkylation sites (tertiary alicyclic amines) is 1. The van der Waals surface area contributed by atoms with Gasteiger partial charge in [-0.2, -0.15) is 0 Å². The number of hydrogen-bond acceptors (Lipinski definition) is 7. The van der Waals surface area contributed by atoms with Gasteiger partial charge in [-0.15, -0.1) is 5.10 Å². The Morgan fingerprint density at radius 2 is 2.41 bits per heavy atom. The molecule has 2 aromatic heterocycles.